The monoisotopic (exact) mass is 211 g/mol. The van der Waals surface area contributed by atoms with Crippen LogP contribution in [-0.4, -0.2) is 26.6 Å². The highest BCUT2D eigenvalue weighted by Crippen LogP contribution is 2.27. The second-order valence-corrected chi connectivity index (χ2v) is 5.46. The van der Waals surface area contributed by atoms with Crippen LogP contribution in [0.25, 0.3) is 0 Å². The summed E-state index contributed by atoms with van der Waals surface area (Å²) in [5, 5.41) is 0. The second-order valence-electron chi connectivity index (χ2n) is 3.15. The Balaban J connectivity index is 2.17. The summed E-state index contributed by atoms with van der Waals surface area (Å²) in [6.45, 7) is 0.616. The van der Waals surface area contributed by atoms with Crippen LogP contribution in [0.3, 0.4) is 0 Å². The first-order chi connectivity index (χ1) is 5.64. The van der Waals surface area contributed by atoms with E-state index in [2.05, 4.69) is 4.72 Å². The first kappa shape index (κ1) is 10.3. The van der Waals surface area contributed by atoms with Crippen molar-refractivity contribution in [1.82, 2.24) is 4.72 Å². The van der Waals surface area contributed by atoms with E-state index in [1.165, 1.54) is 0 Å². The van der Waals surface area contributed by atoms with Gasteiger partial charge in [0.25, 0.3) is 0 Å². The molecule has 72 valence electrons. The highest BCUT2D eigenvalue weighted by Gasteiger charge is 2.23. The van der Waals surface area contributed by atoms with Crippen LogP contribution >= 0.6 is 11.6 Å². The van der Waals surface area contributed by atoms with Gasteiger partial charge in [0.1, 0.15) is 0 Å². The van der Waals surface area contributed by atoms with Gasteiger partial charge < -0.3 is 0 Å². The minimum atomic E-state index is -3.03. The van der Waals surface area contributed by atoms with Crippen molar-refractivity contribution in [3.05, 3.63) is 0 Å². The van der Waals surface area contributed by atoms with E-state index >= 15 is 0 Å². The first-order valence-electron chi connectivity index (χ1n) is 4.17. The molecule has 0 heterocycles. The van der Waals surface area contributed by atoms with E-state index in [1.54, 1.807) is 0 Å². The number of halogens is 1. The van der Waals surface area contributed by atoms with Crippen molar-refractivity contribution in [1.29, 1.82) is 0 Å². The molecule has 1 N–H and O–H groups in total. The maximum Gasteiger partial charge on any atom is 0.211 e. The molecule has 0 aliphatic heterocycles. The maximum atomic E-state index is 11.2. The van der Waals surface area contributed by atoms with E-state index in [-0.39, 0.29) is 5.75 Å². The Bertz CT molecular complexity index is 224. The Hall–Kier alpha value is 0.200. The highest BCUT2D eigenvalue weighted by molar-refractivity contribution is 7.89. The normalized spacial score (nSPS) is 18.1. The zero-order valence-electron chi connectivity index (χ0n) is 6.92. The first-order valence-corrected chi connectivity index (χ1v) is 6.36. The fourth-order valence-corrected chi connectivity index (χ4v) is 2.33. The molecule has 1 aliphatic rings. The predicted octanol–water partition coefficient (Wildman–Crippen LogP) is 0.945. The van der Waals surface area contributed by atoms with Gasteiger partial charge in [-0.2, -0.15) is 0 Å². The van der Waals surface area contributed by atoms with Crippen molar-refractivity contribution >= 4 is 21.6 Å². The largest absolute Gasteiger partial charge is 0.215 e. The standard InChI is InChI=1S/C7H14ClNO2S/c8-4-1-5-12(10,11)9-6-7-2-3-7/h7,9H,1-6H2. The molecule has 0 spiro atoms. The van der Waals surface area contributed by atoms with Gasteiger partial charge in [0.05, 0.1) is 5.75 Å². The molecule has 3 nitrogen and oxygen atoms in total. The van der Waals surface area contributed by atoms with E-state index in [0.29, 0.717) is 24.8 Å². The zero-order chi connectivity index (χ0) is 9.03. The third-order valence-corrected chi connectivity index (χ3v) is 3.54. The van der Waals surface area contributed by atoms with Gasteiger partial charge in [-0.3, -0.25) is 0 Å². The molecule has 0 aromatic carbocycles. The Morgan fingerprint density at radius 1 is 1.42 bits per heavy atom. The summed E-state index contributed by atoms with van der Waals surface area (Å²) in [6, 6.07) is 0. The van der Waals surface area contributed by atoms with Gasteiger partial charge in [-0.25, -0.2) is 13.1 Å². The minimum Gasteiger partial charge on any atom is -0.215 e. The average molecular weight is 212 g/mol. The second kappa shape index (κ2) is 4.44. The maximum absolute atomic E-state index is 11.2. The number of sulfonamides is 1. The van der Waals surface area contributed by atoms with Gasteiger partial charge in [-0.15, -0.1) is 11.6 Å². The van der Waals surface area contributed by atoms with E-state index < -0.39 is 10.0 Å². The van der Waals surface area contributed by atoms with E-state index in [1.807, 2.05) is 0 Å². The van der Waals surface area contributed by atoms with E-state index in [9.17, 15) is 8.42 Å². The molecule has 0 radical (unpaired) electrons. The van der Waals surface area contributed by atoms with Crippen molar-refractivity contribution in [3.63, 3.8) is 0 Å². The molecular weight excluding hydrogens is 198 g/mol. The van der Waals surface area contributed by atoms with Crippen LogP contribution in [0.1, 0.15) is 19.3 Å². The van der Waals surface area contributed by atoms with Crippen LogP contribution < -0.4 is 4.72 Å². The highest BCUT2D eigenvalue weighted by atomic mass is 35.5. The van der Waals surface area contributed by atoms with Gasteiger partial charge in [0.2, 0.25) is 10.0 Å². The SMILES string of the molecule is O=S(=O)(CCCCl)NCC1CC1. The van der Waals surface area contributed by atoms with Gasteiger partial charge in [0.15, 0.2) is 0 Å². The lowest BCUT2D eigenvalue weighted by atomic mass is 10.4. The molecule has 0 aromatic heterocycles. The van der Waals surface area contributed by atoms with Crippen LogP contribution in [0.4, 0.5) is 0 Å². The summed E-state index contributed by atoms with van der Waals surface area (Å²) in [7, 11) is -3.03. The molecule has 0 saturated heterocycles. The smallest absolute Gasteiger partial charge is 0.211 e. The van der Waals surface area contributed by atoms with Gasteiger partial charge in [-0.05, 0) is 25.2 Å². The van der Waals surface area contributed by atoms with Crippen LogP contribution in [0, 0.1) is 5.92 Å². The fraction of sp³-hybridized carbons (Fsp3) is 1.00. The van der Waals surface area contributed by atoms with Gasteiger partial charge >= 0.3 is 0 Å². The summed E-state index contributed by atoms with van der Waals surface area (Å²) in [4.78, 5) is 0. The summed E-state index contributed by atoms with van der Waals surface area (Å²) in [6.07, 6.45) is 2.86. The lowest BCUT2D eigenvalue weighted by Crippen LogP contribution is -2.28. The Labute approximate surface area is 78.5 Å². The Morgan fingerprint density at radius 2 is 2.08 bits per heavy atom. The number of hydrogen-bond acceptors (Lipinski definition) is 2. The van der Waals surface area contributed by atoms with Crippen molar-refractivity contribution in [2.45, 2.75) is 19.3 Å². The molecule has 0 aromatic rings. The predicted molar refractivity (Wildman–Crippen MR) is 49.9 cm³/mol. The van der Waals surface area contributed by atoms with Crippen LogP contribution in [-0.2, 0) is 10.0 Å². The molecule has 12 heavy (non-hydrogen) atoms. The molecule has 1 fully saturated rings. The molecular formula is C7H14ClNO2S. The Kier molecular flexibility index (Phi) is 3.80. The minimum absolute atomic E-state index is 0.156. The summed E-state index contributed by atoms with van der Waals surface area (Å²) < 4.78 is 24.9. The summed E-state index contributed by atoms with van der Waals surface area (Å²) >= 11 is 5.39. The van der Waals surface area contributed by atoms with E-state index in [4.69, 9.17) is 11.6 Å². The number of rotatable bonds is 6. The summed E-state index contributed by atoms with van der Waals surface area (Å²) in [5.41, 5.74) is 0. The lowest BCUT2D eigenvalue weighted by Gasteiger charge is -2.03. The zero-order valence-corrected chi connectivity index (χ0v) is 8.50. The van der Waals surface area contributed by atoms with Crippen LogP contribution in [0.2, 0.25) is 0 Å². The van der Waals surface area contributed by atoms with Crippen molar-refractivity contribution < 1.29 is 8.42 Å². The molecule has 0 bridgehead atoms. The van der Waals surface area contributed by atoms with Gasteiger partial charge in [-0.1, -0.05) is 0 Å². The Morgan fingerprint density at radius 3 is 2.58 bits per heavy atom. The van der Waals surface area contributed by atoms with Crippen molar-refractivity contribution in [3.8, 4) is 0 Å². The van der Waals surface area contributed by atoms with Crippen LogP contribution in [0.5, 0.6) is 0 Å². The van der Waals surface area contributed by atoms with Crippen LogP contribution in [0.15, 0.2) is 0 Å². The molecule has 0 atom stereocenters. The topological polar surface area (TPSA) is 46.2 Å². The summed E-state index contributed by atoms with van der Waals surface area (Å²) in [5.74, 6) is 1.16. The number of nitrogens with one attached hydrogen (secondary N) is 1. The average Bonchev–Trinajstić information content (AvgIpc) is 2.81. The van der Waals surface area contributed by atoms with Crippen molar-refractivity contribution in [2.75, 3.05) is 18.2 Å². The van der Waals surface area contributed by atoms with Gasteiger partial charge in [0, 0.05) is 12.4 Å². The fourth-order valence-electron chi connectivity index (χ4n) is 0.884. The molecule has 1 rings (SSSR count). The quantitative estimate of drug-likeness (QED) is 0.665. The number of hydrogen-bond donors (Lipinski definition) is 1. The van der Waals surface area contributed by atoms with E-state index in [0.717, 1.165) is 12.8 Å². The molecule has 0 unspecified atom stereocenters. The molecule has 1 saturated carbocycles. The molecule has 0 amide bonds. The molecule has 1 aliphatic carbocycles. The number of alkyl halides is 1. The van der Waals surface area contributed by atoms with Crippen molar-refractivity contribution in [2.24, 2.45) is 5.92 Å². The lowest BCUT2D eigenvalue weighted by molar-refractivity contribution is 0.576. The third-order valence-electron chi connectivity index (χ3n) is 1.84. The molecule has 5 heteroatoms. The third kappa shape index (κ3) is 4.28.